The van der Waals surface area contributed by atoms with Gasteiger partial charge in [0.05, 0.1) is 19.7 Å². The SMILES string of the molecule is COc1cc(OC)cc(C(=O)N[C@H]2CC[C@@H](Nc3nc(N(C)C)c4cc(F)c(F)cc4n3)CC2)c1. The van der Waals surface area contributed by atoms with Crippen LogP contribution in [0.2, 0.25) is 0 Å². The molecule has 1 aliphatic rings. The van der Waals surface area contributed by atoms with Crippen LogP contribution in [-0.2, 0) is 0 Å². The van der Waals surface area contributed by atoms with Gasteiger partial charge >= 0.3 is 0 Å². The van der Waals surface area contributed by atoms with E-state index < -0.39 is 11.6 Å². The molecule has 0 aliphatic heterocycles. The first-order chi connectivity index (χ1) is 16.8. The molecule has 0 spiro atoms. The minimum atomic E-state index is -0.947. The van der Waals surface area contributed by atoms with Crippen molar-refractivity contribution in [3.05, 3.63) is 47.5 Å². The van der Waals surface area contributed by atoms with Crippen LogP contribution in [0.1, 0.15) is 36.0 Å². The van der Waals surface area contributed by atoms with Gasteiger partial charge in [-0.15, -0.1) is 0 Å². The van der Waals surface area contributed by atoms with E-state index in [2.05, 4.69) is 20.6 Å². The third-order valence-electron chi connectivity index (χ3n) is 6.15. The number of rotatable bonds is 7. The first kappa shape index (κ1) is 24.4. The molecule has 0 unspecified atom stereocenters. The van der Waals surface area contributed by atoms with Crippen LogP contribution in [0.4, 0.5) is 20.5 Å². The second-order valence-corrected chi connectivity index (χ2v) is 8.82. The molecule has 186 valence electrons. The van der Waals surface area contributed by atoms with Gasteiger partial charge in [0.1, 0.15) is 17.3 Å². The minimum absolute atomic E-state index is 0.0321. The Hall–Kier alpha value is -3.69. The second-order valence-electron chi connectivity index (χ2n) is 8.82. The smallest absolute Gasteiger partial charge is 0.251 e. The number of carbonyl (C=O) groups excluding carboxylic acids is 1. The van der Waals surface area contributed by atoms with Gasteiger partial charge in [-0.1, -0.05) is 0 Å². The van der Waals surface area contributed by atoms with Gasteiger partial charge in [-0.3, -0.25) is 4.79 Å². The summed E-state index contributed by atoms with van der Waals surface area (Å²) < 4.78 is 38.1. The summed E-state index contributed by atoms with van der Waals surface area (Å²) in [6.45, 7) is 0. The molecule has 4 rings (SSSR count). The minimum Gasteiger partial charge on any atom is -0.497 e. The van der Waals surface area contributed by atoms with Crippen LogP contribution < -0.4 is 25.0 Å². The van der Waals surface area contributed by atoms with Crippen molar-refractivity contribution in [1.82, 2.24) is 15.3 Å². The zero-order valence-electron chi connectivity index (χ0n) is 20.2. The number of nitrogens with zero attached hydrogens (tertiary/aromatic N) is 3. The van der Waals surface area contributed by atoms with Gasteiger partial charge in [0, 0.05) is 49.3 Å². The molecule has 0 saturated heterocycles. The topological polar surface area (TPSA) is 88.6 Å². The molecule has 1 heterocycles. The molecular formula is C25H29F2N5O3. The van der Waals surface area contributed by atoms with Crippen molar-refractivity contribution in [2.45, 2.75) is 37.8 Å². The molecule has 0 radical (unpaired) electrons. The Morgan fingerprint density at radius 1 is 0.914 bits per heavy atom. The summed E-state index contributed by atoms with van der Waals surface area (Å²) in [5.41, 5.74) is 0.811. The van der Waals surface area contributed by atoms with E-state index in [9.17, 15) is 13.6 Å². The number of anilines is 2. The van der Waals surface area contributed by atoms with Crippen LogP contribution in [0.5, 0.6) is 11.5 Å². The largest absolute Gasteiger partial charge is 0.497 e. The van der Waals surface area contributed by atoms with Gasteiger partial charge in [0.25, 0.3) is 5.91 Å². The fraction of sp³-hybridized carbons (Fsp3) is 0.400. The third kappa shape index (κ3) is 5.52. The Kier molecular flexibility index (Phi) is 7.18. The molecule has 10 heteroatoms. The van der Waals surface area contributed by atoms with Crippen LogP contribution in [0.15, 0.2) is 30.3 Å². The molecule has 2 aromatic carbocycles. The number of hydrogen-bond donors (Lipinski definition) is 2. The predicted octanol–water partition coefficient (Wildman–Crippen LogP) is 4.14. The standard InChI is InChI=1S/C25H29F2N5O3/c1-32(2)23-19-12-20(26)21(27)13-22(19)30-25(31-23)29-16-7-5-15(6-8-16)28-24(33)14-9-17(34-3)11-18(10-14)35-4/h9-13,15-16H,5-8H2,1-4H3,(H,28,33)(H,29,30,31)/t15-,16+. The van der Waals surface area contributed by atoms with Gasteiger partial charge in [-0.25, -0.2) is 13.8 Å². The molecule has 0 bridgehead atoms. The van der Waals surface area contributed by atoms with Crippen molar-refractivity contribution in [2.75, 3.05) is 38.5 Å². The summed E-state index contributed by atoms with van der Waals surface area (Å²) in [4.78, 5) is 23.5. The van der Waals surface area contributed by atoms with E-state index >= 15 is 0 Å². The Morgan fingerprint density at radius 3 is 2.11 bits per heavy atom. The quantitative estimate of drug-likeness (QED) is 0.520. The zero-order valence-corrected chi connectivity index (χ0v) is 20.2. The maximum Gasteiger partial charge on any atom is 0.251 e. The molecule has 1 amide bonds. The van der Waals surface area contributed by atoms with Gasteiger partial charge in [0.15, 0.2) is 11.6 Å². The number of carbonyl (C=O) groups is 1. The van der Waals surface area contributed by atoms with Crippen molar-refractivity contribution in [1.29, 1.82) is 0 Å². The Bertz CT molecular complexity index is 1210. The van der Waals surface area contributed by atoms with E-state index in [-0.39, 0.29) is 18.0 Å². The Balaban J connectivity index is 1.40. The Morgan fingerprint density at radius 2 is 1.51 bits per heavy atom. The molecule has 1 fully saturated rings. The number of benzene rings is 2. The molecule has 35 heavy (non-hydrogen) atoms. The summed E-state index contributed by atoms with van der Waals surface area (Å²) in [5.74, 6) is -0.0833. The fourth-order valence-corrected chi connectivity index (χ4v) is 4.28. The highest BCUT2D eigenvalue weighted by Gasteiger charge is 2.24. The first-order valence-corrected chi connectivity index (χ1v) is 11.4. The highest BCUT2D eigenvalue weighted by Crippen LogP contribution is 2.28. The number of fused-ring (bicyclic) bond motifs is 1. The van der Waals surface area contributed by atoms with Crippen molar-refractivity contribution < 1.29 is 23.0 Å². The molecule has 2 N–H and O–H groups in total. The van der Waals surface area contributed by atoms with E-state index in [1.165, 1.54) is 0 Å². The molecular weight excluding hydrogens is 456 g/mol. The molecule has 8 nitrogen and oxygen atoms in total. The highest BCUT2D eigenvalue weighted by molar-refractivity contribution is 5.95. The van der Waals surface area contributed by atoms with Gasteiger partial charge in [0.2, 0.25) is 5.95 Å². The van der Waals surface area contributed by atoms with Gasteiger partial charge < -0.3 is 25.0 Å². The first-order valence-electron chi connectivity index (χ1n) is 11.4. The van der Waals surface area contributed by atoms with Gasteiger partial charge in [-0.2, -0.15) is 4.98 Å². The average Bonchev–Trinajstić information content (AvgIpc) is 2.85. The maximum atomic E-state index is 13.8. The van der Waals surface area contributed by atoms with E-state index in [1.807, 2.05) is 0 Å². The monoisotopic (exact) mass is 485 g/mol. The van der Waals surface area contributed by atoms with Crippen molar-refractivity contribution >= 4 is 28.6 Å². The zero-order chi connectivity index (χ0) is 25.1. The van der Waals surface area contributed by atoms with Crippen LogP contribution >= 0.6 is 0 Å². The summed E-state index contributed by atoms with van der Waals surface area (Å²) in [6, 6.07) is 7.41. The van der Waals surface area contributed by atoms with E-state index in [1.54, 1.807) is 51.4 Å². The second kappa shape index (κ2) is 10.3. The van der Waals surface area contributed by atoms with Crippen LogP contribution in [0, 0.1) is 11.6 Å². The third-order valence-corrected chi connectivity index (χ3v) is 6.15. The van der Waals surface area contributed by atoms with Crippen molar-refractivity contribution in [3.8, 4) is 11.5 Å². The Labute approximate surface area is 202 Å². The highest BCUT2D eigenvalue weighted by atomic mass is 19.2. The lowest BCUT2D eigenvalue weighted by Gasteiger charge is -2.30. The van der Waals surface area contributed by atoms with Crippen LogP contribution in [-0.4, -0.2) is 56.3 Å². The predicted molar refractivity (Wildman–Crippen MR) is 130 cm³/mol. The van der Waals surface area contributed by atoms with E-state index in [0.29, 0.717) is 39.7 Å². The molecule has 1 aromatic heterocycles. The number of methoxy groups -OCH3 is 2. The van der Waals surface area contributed by atoms with E-state index in [0.717, 1.165) is 37.8 Å². The summed E-state index contributed by atoms with van der Waals surface area (Å²) in [5, 5.41) is 6.86. The summed E-state index contributed by atoms with van der Waals surface area (Å²) in [7, 11) is 6.66. The molecule has 0 atom stereocenters. The molecule has 1 aliphatic carbocycles. The van der Waals surface area contributed by atoms with Crippen molar-refractivity contribution in [3.63, 3.8) is 0 Å². The number of hydrogen-bond acceptors (Lipinski definition) is 7. The number of aromatic nitrogens is 2. The van der Waals surface area contributed by atoms with Gasteiger partial charge in [-0.05, 0) is 43.9 Å². The summed E-state index contributed by atoms with van der Waals surface area (Å²) >= 11 is 0. The lowest BCUT2D eigenvalue weighted by atomic mass is 9.91. The van der Waals surface area contributed by atoms with Crippen LogP contribution in [0.25, 0.3) is 10.9 Å². The number of nitrogens with one attached hydrogen (secondary N) is 2. The number of amides is 1. The summed E-state index contributed by atoms with van der Waals surface area (Å²) in [6.07, 6.45) is 3.14. The normalized spacial score (nSPS) is 17.7. The van der Waals surface area contributed by atoms with Crippen molar-refractivity contribution in [2.24, 2.45) is 0 Å². The number of ether oxygens (including phenoxy) is 2. The molecule has 1 saturated carbocycles. The lowest BCUT2D eigenvalue weighted by molar-refractivity contribution is 0.0926. The fourth-order valence-electron chi connectivity index (χ4n) is 4.28. The van der Waals surface area contributed by atoms with E-state index in [4.69, 9.17) is 9.47 Å². The number of halogens is 2. The van der Waals surface area contributed by atoms with Crippen LogP contribution in [0.3, 0.4) is 0 Å². The molecule has 3 aromatic rings. The maximum absolute atomic E-state index is 13.8. The lowest BCUT2D eigenvalue weighted by Crippen LogP contribution is -2.40. The average molecular weight is 486 g/mol.